The van der Waals surface area contributed by atoms with Gasteiger partial charge in [0, 0.05) is 23.9 Å². The molecule has 1 aliphatic heterocycles. The van der Waals surface area contributed by atoms with Gasteiger partial charge in [-0.15, -0.1) is 11.3 Å². The zero-order chi connectivity index (χ0) is 32.9. The summed E-state index contributed by atoms with van der Waals surface area (Å²) < 4.78 is 0. The molecule has 1 aromatic heterocycles. The Hall–Kier alpha value is -3.31. The van der Waals surface area contributed by atoms with Gasteiger partial charge in [-0.3, -0.25) is 19.2 Å². The van der Waals surface area contributed by atoms with Crippen LogP contribution in [0.25, 0.3) is 0 Å². The average Bonchev–Trinajstić information content (AvgIpc) is 3.51. The highest BCUT2D eigenvalue weighted by molar-refractivity contribution is 7.09. The summed E-state index contributed by atoms with van der Waals surface area (Å²) in [5, 5.41) is 24.4. The minimum atomic E-state index is -0.899. The number of nitrogens with zero attached hydrogens (tertiary/aromatic N) is 1. The van der Waals surface area contributed by atoms with Gasteiger partial charge in [0.15, 0.2) is 0 Å². The summed E-state index contributed by atoms with van der Waals surface area (Å²) in [6.07, 6.45) is 5.63. The molecular weight excluding hydrogens is 590 g/mol. The molecule has 0 unspecified atom stereocenters. The Balaban J connectivity index is 1.60. The molecule has 2 heterocycles. The number of carbonyl (C=O) groups is 4. The third-order valence-corrected chi connectivity index (χ3v) is 9.63. The molecule has 3 amide bonds. The van der Waals surface area contributed by atoms with Crippen LogP contribution in [0, 0.1) is 17.8 Å². The van der Waals surface area contributed by atoms with Gasteiger partial charge in [0.1, 0.15) is 11.7 Å². The highest BCUT2D eigenvalue weighted by atomic mass is 32.1. The summed E-state index contributed by atoms with van der Waals surface area (Å²) in [5.74, 6) is -1.99. The van der Waals surface area contributed by atoms with Gasteiger partial charge in [-0.2, -0.15) is 0 Å². The Kier molecular flexibility index (Phi) is 14.5. The maximum absolute atomic E-state index is 13.5. The Bertz CT molecular complexity index is 1250. The van der Waals surface area contributed by atoms with Crippen molar-refractivity contribution in [2.24, 2.45) is 17.8 Å². The van der Waals surface area contributed by atoms with Crippen LogP contribution in [0.1, 0.15) is 94.2 Å². The predicted octanol–water partition coefficient (Wildman–Crippen LogP) is 4.34. The van der Waals surface area contributed by atoms with Gasteiger partial charge in [-0.1, -0.05) is 77.8 Å². The second kappa shape index (κ2) is 18.0. The zero-order valence-electron chi connectivity index (χ0n) is 27.3. The van der Waals surface area contributed by atoms with Gasteiger partial charge >= 0.3 is 5.97 Å². The van der Waals surface area contributed by atoms with Crippen LogP contribution in [0.4, 0.5) is 0 Å². The smallest absolute Gasteiger partial charge is 0.306 e. The first-order chi connectivity index (χ1) is 21.5. The molecule has 0 saturated carbocycles. The molecule has 1 aromatic carbocycles. The third kappa shape index (κ3) is 11.5. The maximum Gasteiger partial charge on any atom is 0.306 e. The van der Waals surface area contributed by atoms with Crippen LogP contribution < -0.4 is 21.3 Å². The molecule has 1 saturated heterocycles. The summed E-state index contributed by atoms with van der Waals surface area (Å²) >= 11 is 1.40. The third-order valence-electron chi connectivity index (χ3n) is 8.73. The normalized spacial score (nSPS) is 18.3. The number of rotatable bonds is 17. The second-order valence-corrected chi connectivity index (χ2v) is 13.7. The minimum absolute atomic E-state index is 0.0189. The number of aliphatic carboxylic acids is 1. The van der Waals surface area contributed by atoms with Crippen molar-refractivity contribution in [3.05, 3.63) is 52.0 Å². The Morgan fingerprint density at radius 2 is 1.78 bits per heavy atom. The highest BCUT2D eigenvalue weighted by Crippen LogP contribution is 2.19. The lowest BCUT2D eigenvalue weighted by atomic mass is 9.94. The predicted molar refractivity (Wildman–Crippen MR) is 177 cm³/mol. The Morgan fingerprint density at radius 1 is 1.04 bits per heavy atom. The van der Waals surface area contributed by atoms with Crippen molar-refractivity contribution in [1.29, 1.82) is 0 Å². The molecule has 0 spiro atoms. The standard InChI is InChI=1S/C34H51N5O5S/c1-6-22(4)30(39-31(40)27-14-10-11-17-35-27)33(42)38-26(21(2)3)15-16-29-37-28(20-45-29)32(41)36-25(18-23(5)34(43)44)19-24-12-8-7-9-13-24/h7-9,12-13,20-23,25-27,30,35H,6,10-11,14-19H2,1-5H3,(H,36,41)(H,38,42)(H,39,40)(H,43,44)/t22-,23-,25+,26+,27+,30-/m0/s1. The molecule has 0 radical (unpaired) electrons. The van der Waals surface area contributed by atoms with E-state index in [-0.39, 0.29) is 47.7 Å². The number of nitrogens with one attached hydrogen (secondary N) is 4. The molecule has 10 nitrogen and oxygen atoms in total. The van der Waals surface area contributed by atoms with Crippen LogP contribution in [0.3, 0.4) is 0 Å². The molecule has 0 bridgehead atoms. The molecule has 1 fully saturated rings. The van der Waals surface area contributed by atoms with E-state index in [1.165, 1.54) is 11.3 Å². The molecule has 45 heavy (non-hydrogen) atoms. The Labute approximate surface area is 271 Å². The second-order valence-electron chi connectivity index (χ2n) is 12.7. The number of aromatic nitrogens is 1. The summed E-state index contributed by atoms with van der Waals surface area (Å²) in [4.78, 5) is 55.7. The number of hydrogen-bond acceptors (Lipinski definition) is 7. The fourth-order valence-electron chi connectivity index (χ4n) is 5.56. The highest BCUT2D eigenvalue weighted by Gasteiger charge is 2.31. The van der Waals surface area contributed by atoms with Crippen molar-refractivity contribution >= 4 is 35.0 Å². The number of aryl methyl sites for hydroxylation is 1. The van der Waals surface area contributed by atoms with Crippen molar-refractivity contribution in [3.8, 4) is 0 Å². The topological polar surface area (TPSA) is 150 Å². The monoisotopic (exact) mass is 641 g/mol. The largest absolute Gasteiger partial charge is 0.481 e. The first kappa shape index (κ1) is 36.2. The SMILES string of the molecule is CC[C@H](C)[C@H](NC(=O)[C@H]1CCCCN1)C(=O)N[C@H](CCc1nc(C(=O)N[C@@H](Cc2ccccc2)C[C@H](C)C(=O)O)cs1)C(C)C. The lowest BCUT2D eigenvalue weighted by Crippen LogP contribution is -2.57. The summed E-state index contributed by atoms with van der Waals surface area (Å²) in [6.45, 7) is 10.6. The first-order valence-electron chi connectivity index (χ1n) is 16.3. The van der Waals surface area contributed by atoms with E-state index in [1.807, 2.05) is 44.2 Å². The lowest BCUT2D eigenvalue weighted by molar-refractivity contribution is -0.141. The molecule has 2 aromatic rings. The maximum atomic E-state index is 13.5. The number of amides is 3. The zero-order valence-corrected chi connectivity index (χ0v) is 28.1. The van der Waals surface area contributed by atoms with Gasteiger partial charge in [-0.25, -0.2) is 4.98 Å². The van der Waals surface area contributed by atoms with Crippen LogP contribution in [0.2, 0.25) is 0 Å². The molecule has 6 atom stereocenters. The summed E-state index contributed by atoms with van der Waals surface area (Å²) in [6, 6.07) is 8.31. The molecule has 248 valence electrons. The fraction of sp³-hybridized carbons (Fsp3) is 0.618. The van der Waals surface area contributed by atoms with E-state index in [0.717, 1.165) is 42.8 Å². The lowest BCUT2D eigenvalue weighted by Gasteiger charge is -2.30. The van der Waals surface area contributed by atoms with Crippen molar-refractivity contribution in [3.63, 3.8) is 0 Å². The number of carboxylic acid groups (broad SMARTS) is 1. The number of carbonyl (C=O) groups excluding carboxylic acids is 3. The van der Waals surface area contributed by atoms with Crippen LogP contribution in [-0.4, -0.2) is 64.5 Å². The van der Waals surface area contributed by atoms with E-state index >= 15 is 0 Å². The van der Waals surface area contributed by atoms with Gasteiger partial charge in [0.2, 0.25) is 11.8 Å². The quantitative estimate of drug-likeness (QED) is 0.173. The van der Waals surface area contributed by atoms with Gasteiger partial charge in [-0.05, 0) is 56.0 Å². The van der Waals surface area contributed by atoms with E-state index in [0.29, 0.717) is 31.4 Å². The van der Waals surface area contributed by atoms with Crippen LogP contribution in [0.5, 0.6) is 0 Å². The van der Waals surface area contributed by atoms with E-state index in [9.17, 15) is 24.3 Å². The Morgan fingerprint density at radius 3 is 2.40 bits per heavy atom. The van der Waals surface area contributed by atoms with Crippen LogP contribution in [-0.2, 0) is 27.2 Å². The number of carboxylic acids is 1. The summed E-state index contributed by atoms with van der Waals surface area (Å²) in [5.41, 5.74) is 1.32. The van der Waals surface area contributed by atoms with Crippen molar-refractivity contribution in [2.75, 3.05) is 6.54 Å². The van der Waals surface area contributed by atoms with Gasteiger partial charge < -0.3 is 26.4 Å². The number of benzene rings is 1. The number of hydrogen-bond donors (Lipinski definition) is 5. The van der Waals surface area contributed by atoms with Gasteiger partial charge in [0.05, 0.1) is 17.0 Å². The molecule has 3 rings (SSSR count). The number of piperidine rings is 1. The van der Waals surface area contributed by atoms with Crippen LogP contribution in [0.15, 0.2) is 35.7 Å². The molecule has 5 N–H and O–H groups in total. The molecule has 0 aliphatic carbocycles. The van der Waals surface area contributed by atoms with Gasteiger partial charge in [0.25, 0.3) is 5.91 Å². The van der Waals surface area contributed by atoms with Crippen molar-refractivity contribution in [2.45, 2.75) is 110 Å². The molecule has 11 heteroatoms. The van der Waals surface area contributed by atoms with E-state index in [2.05, 4.69) is 40.1 Å². The molecular formula is C34H51N5O5S. The fourth-order valence-corrected chi connectivity index (χ4v) is 6.36. The minimum Gasteiger partial charge on any atom is -0.481 e. The van der Waals surface area contributed by atoms with E-state index in [4.69, 9.17) is 0 Å². The van der Waals surface area contributed by atoms with E-state index < -0.39 is 17.9 Å². The number of thiazole rings is 1. The van der Waals surface area contributed by atoms with E-state index in [1.54, 1.807) is 12.3 Å². The van der Waals surface area contributed by atoms with Crippen molar-refractivity contribution < 1.29 is 24.3 Å². The van der Waals surface area contributed by atoms with Crippen LogP contribution >= 0.6 is 11.3 Å². The summed E-state index contributed by atoms with van der Waals surface area (Å²) in [7, 11) is 0. The average molecular weight is 642 g/mol. The first-order valence-corrected chi connectivity index (χ1v) is 17.2. The van der Waals surface area contributed by atoms with Crippen molar-refractivity contribution in [1.82, 2.24) is 26.3 Å². The molecule has 1 aliphatic rings.